The average Bonchev–Trinajstić information content (AvgIpc) is 2.72. The number of rotatable bonds is 5. The second-order valence-corrected chi connectivity index (χ2v) is 4.58. The summed E-state index contributed by atoms with van der Waals surface area (Å²) >= 11 is 0. The van der Waals surface area contributed by atoms with Crippen LogP contribution in [0.3, 0.4) is 0 Å². The van der Waals surface area contributed by atoms with Crippen LogP contribution >= 0.6 is 0 Å². The molecule has 2 aromatic rings. The van der Waals surface area contributed by atoms with E-state index in [0.29, 0.717) is 5.56 Å². The molecule has 0 unspecified atom stereocenters. The van der Waals surface area contributed by atoms with Gasteiger partial charge in [0, 0.05) is 26.4 Å². The Morgan fingerprint density at radius 3 is 2.62 bits per heavy atom. The van der Waals surface area contributed by atoms with E-state index in [4.69, 9.17) is 4.42 Å². The summed E-state index contributed by atoms with van der Waals surface area (Å²) in [5, 5.41) is 2.68. The molecule has 0 aliphatic carbocycles. The van der Waals surface area contributed by atoms with Crippen LogP contribution in [0.5, 0.6) is 0 Å². The van der Waals surface area contributed by atoms with Crippen molar-refractivity contribution in [1.29, 1.82) is 0 Å². The molecule has 116 valence electrons. The Hall–Kier alpha value is -1.70. The van der Waals surface area contributed by atoms with Gasteiger partial charge in [0.1, 0.15) is 11.1 Å². The zero-order valence-electron chi connectivity index (χ0n) is 11.1. The summed E-state index contributed by atoms with van der Waals surface area (Å²) in [7, 11) is 0. The number of benzene rings is 1. The van der Waals surface area contributed by atoms with Gasteiger partial charge in [0.15, 0.2) is 11.5 Å². The number of aromatic nitrogens is 1. The number of oxazole rings is 1. The molecule has 1 heterocycles. The van der Waals surface area contributed by atoms with E-state index in [1.165, 1.54) is 13.0 Å². The van der Waals surface area contributed by atoms with Crippen LogP contribution < -0.4 is 5.32 Å². The predicted octanol–water partition coefficient (Wildman–Crippen LogP) is 3.90. The SMILES string of the molecule is Cc1nc2cc(CNCCC(F)F)cc(C(F)(F)F)c2o1. The zero-order chi connectivity index (χ0) is 15.6. The second-order valence-electron chi connectivity index (χ2n) is 4.58. The van der Waals surface area contributed by atoms with Crippen molar-refractivity contribution in [2.45, 2.75) is 32.5 Å². The average molecular weight is 308 g/mol. The summed E-state index contributed by atoms with van der Waals surface area (Å²) in [6.07, 6.45) is -7.36. The molecule has 0 aliphatic heterocycles. The van der Waals surface area contributed by atoms with Crippen molar-refractivity contribution in [3.8, 4) is 0 Å². The highest BCUT2D eigenvalue weighted by Crippen LogP contribution is 2.36. The van der Waals surface area contributed by atoms with E-state index < -0.39 is 18.2 Å². The van der Waals surface area contributed by atoms with Crippen LogP contribution in [0.15, 0.2) is 16.5 Å². The van der Waals surface area contributed by atoms with Crippen molar-refractivity contribution in [3.63, 3.8) is 0 Å². The third-order valence-corrected chi connectivity index (χ3v) is 2.83. The van der Waals surface area contributed by atoms with E-state index in [1.54, 1.807) is 0 Å². The molecule has 0 aliphatic rings. The first-order valence-electron chi connectivity index (χ1n) is 6.23. The topological polar surface area (TPSA) is 38.1 Å². The Morgan fingerprint density at radius 2 is 2.00 bits per heavy atom. The first kappa shape index (κ1) is 15.7. The van der Waals surface area contributed by atoms with Crippen molar-refractivity contribution in [3.05, 3.63) is 29.2 Å². The molecule has 0 saturated carbocycles. The molecule has 0 bridgehead atoms. The Labute approximate surface area is 117 Å². The Bertz CT molecular complexity index is 621. The lowest BCUT2D eigenvalue weighted by Gasteiger charge is -2.10. The number of fused-ring (bicyclic) bond motifs is 1. The van der Waals surface area contributed by atoms with E-state index in [0.717, 1.165) is 6.07 Å². The molecule has 0 spiro atoms. The highest BCUT2D eigenvalue weighted by atomic mass is 19.4. The zero-order valence-corrected chi connectivity index (χ0v) is 11.1. The molecular formula is C13H13F5N2O. The number of alkyl halides is 5. The van der Waals surface area contributed by atoms with Crippen molar-refractivity contribution in [2.24, 2.45) is 0 Å². The maximum Gasteiger partial charge on any atom is 0.420 e. The Kier molecular flexibility index (Phi) is 4.46. The summed E-state index contributed by atoms with van der Waals surface area (Å²) in [5.74, 6) is 0.137. The van der Waals surface area contributed by atoms with E-state index in [-0.39, 0.29) is 36.5 Å². The Morgan fingerprint density at radius 1 is 1.29 bits per heavy atom. The lowest BCUT2D eigenvalue weighted by molar-refractivity contribution is -0.136. The summed E-state index contributed by atoms with van der Waals surface area (Å²) < 4.78 is 67.9. The number of halogens is 5. The van der Waals surface area contributed by atoms with Crippen LogP contribution in [0.25, 0.3) is 11.1 Å². The van der Waals surface area contributed by atoms with Gasteiger partial charge in [-0.2, -0.15) is 13.2 Å². The van der Waals surface area contributed by atoms with Crippen molar-refractivity contribution in [2.75, 3.05) is 6.54 Å². The molecule has 1 N–H and O–H groups in total. The molecular weight excluding hydrogens is 295 g/mol. The minimum absolute atomic E-state index is 0.0227. The quantitative estimate of drug-likeness (QED) is 0.672. The normalized spacial score (nSPS) is 12.5. The molecule has 0 atom stereocenters. The molecule has 3 nitrogen and oxygen atoms in total. The summed E-state index contributed by atoms with van der Waals surface area (Å²) in [6.45, 7) is 1.53. The van der Waals surface area contributed by atoms with Gasteiger partial charge in [0.05, 0.1) is 0 Å². The van der Waals surface area contributed by atoms with Crippen molar-refractivity contribution in [1.82, 2.24) is 10.3 Å². The van der Waals surface area contributed by atoms with Crippen LogP contribution in [0, 0.1) is 6.92 Å². The molecule has 1 aromatic heterocycles. The van der Waals surface area contributed by atoms with Crippen LogP contribution in [-0.4, -0.2) is 18.0 Å². The van der Waals surface area contributed by atoms with Gasteiger partial charge >= 0.3 is 6.18 Å². The number of aryl methyl sites for hydroxylation is 1. The van der Waals surface area contributed by atoms with Crippen LogP contribution in [0.1, 0.15) is 23.4 Å². The summed E-state index contributed by atoms with van der Waals surface area (Å²) in [6, 6.07) is 2.40. The van der Waals surface area contributed by atoms with Gasteiger partial charge in [0.25, 0.3) is 0 Å². The van der Waals surface area contributed by atoms with Crippen LogP contribution in [0.2, 0.25) is 0 Å². The Balaban J connectivity index is 2.25. The van der Waals surface area contributed by atoms with Gasteiger partial charge in [0.2, 0.25) is 6.43 Å². The number of nitrogens with one attached hydrogen (secondary N) is 1. The minimum Gasteiger partial charge on any atom is -0.440 e. The third kappa shape index (κ3) is 3.90. The number of hydrogen-bond acceptors (Lipinski definition) is 3. The standard InChI is InChI=1S/C13H13F5N2O/c1-7-20-10-5-8(6-19-3-2-11(14)15)4-9(12(10)21-7)13(16,17)18/h4-5,11,19H,2-3,6H2,1H3. The van der Waals surface area contributed by atoms with E-state index >= 15 is 0 Å². The summed E-state index contributed by atoms with van der Waals surface area (Å²) in [4.78, 5) is 3.89. The third-order valence-electron chi connectivity index (χ3n) is 2.83. The molecule has 0 saturated heterocycles. The van der Waals surface area contributed by atoms with Gasteiger partial charge < -0.3 is 9.73 Å². The lowest BCUT2D eigenvalue weighted by Crippen LogP contribution is -2.17. The van der Waals surface area contributed by atoms with Gasteiger partial charge in [-0.25, -0.2) is 13.8 Å². The molecule has 0 radical (unpaired) electrons. The molecule has 1 aromatic carbocycles. The van der Waals surface area contributed by atoms with Gasteiger partial charge in [-0.1, -0.05) is 0 Å². The fourth-order valence-corrected chi connectivity index (χ4v) is 1.96. The highest BCUT2D eigenvalue weighted by molar-refractivity contribution is 5.78. The molecule has 0 amide bonds. The first-order chi connectivity index (χ1) is 9.77. The number of nitrogens with zero attached hydrogens (tertiary/aromatic N) is 1. The maximum absolute atomic E-state index is 13.0. The van der Waals surface area contributed by atoms with E-state index in [1.807, 2.05) is 0 Å². The lowest BCUT2D eigenvalue weighted by atomic mass is 10.1. The van der Waals surface area contributed by atoms with E-state index in [9.17, 15) is 22.0 Å². The largest absolute Gasteiger partial charge is 0.440 e. The van der Waals surface area contributed by atoms with Gasteiger partial charge in [-0.3, -0.25) is 0 Å². The van der Waals surface area contributed by atoms with Crippen LogP contribution in [0.4, 0.5) is 22.0 Å². The second kappa shape index (κ2) is 5.97. The van der Waals surface area contributed by atoms with Crippen molar-refractivity contribution < 1.29 is 26.4 Å². The maximum atomic E-state index is 13.0. The first-order valence-corrected chi connectivity index (χ1v) is 6.23. The van der Waals surface area contributed by atoms with Crippen molar-refractivity contribution >= 4 is 11.1 Å². The fourth-order valence-electron chi connectivity index (χ4n) is 1.96. The fraction of sp³-hybridized carbons (Fsp3) is 0.462. The van der Waals surface area contributed by atoms with Gasteiger partial charge in [-0.05, 0) is 17.7 Å². The number of hydrogen-bond donors (Lipinski definition) is 1. The summed E-state index contributed by atoms with van der Waals surface area (Å²) in [5.41, 5.74) is -0.798. The smallest absolute Gasteiger partial charge is 0.420 e. The predicted molar refractivity (Wildman–Crippen MR) is 66.1 cm³/mol. The van der Waals surface area contributed by atoms with Gasteiger partial charge in [-0.15, -0.1) is 0 Å². The molecule has 0 fully saturated rings. The molecule has 2 rings (SSSR count). The highest BCUT2D eigenvalue weighted by Gasteiger charge is 2.35. The molecule has 21 heavy (non-hydrogen) atoms. The molecule has 8 heteroatoms. The van der Waals surface area contributed by atoms with Crippen LogP contribution in [-0.2, 0) is 12.7 Å². The monoisotopic (exact) mass is 308 g/mol. The minimum atomic E-state index is -4.57. The van der Waals surface area contributed by atoms with E-state index in [2.05, 4.69) is 10.3 Å².